The van der Waals surface area contributed by atoms with Crippen LogP contribution in [0, 0.1) is 17.8 Å². The molecule has 0 spiro atoms. The summed E-state index contributed by atoms with van der Waals surface area (Å²) in [5.74, 6) is 1.01. The second-order valence-electron chi connectivity index (χ2n) is 6.04. The van der Waals surface area contributed by atoms with Gasteiger partial charge in [-0.05, 0) is 37.0 Å². The van der Waals surface area contributed by atoms with Gasteiger partial charge in [-0.3, -0.25) is 0 Å². The number of aliphatic hydroxyl groups excluding tert-OH is 1. The van der Waals surface area contributed by atoms with Crippen LogP contribution in [0.2, 0.25) is 0 Å². The Morgan fingerprint density at radius 3 is 2.44 bits per heavy atom. The molecule has 5 heteroatoms. The van der Waals surface area contributed by atoms with Crippen LogP contribution in [-0.2, 0) is 10.0 Å². The first kappa shape index (κ1) is 15.9. The van der Waals surface area contributed by atoms with Gasteiger partial charge in [0.1, 0.15) is 0 Å². The zero-order chi connectivity index (χ0) is 13.9. The minimum atomic E-state index is -3.08. The molecule has 0 radical (unpaired) electrons. The van der Waals surface area contributed by atoms with Gasteiger partial charge in [-0.25, -0.2) is 12.7 Å². The Balaban J connectivity index is 2.53. The standard InChI is InChI=1S/C13H27NO3S/c1-10(2)11(3)13(15)8-12-6-5-7-14(9-12)18(4,16)17/h10-13,15H,5-9H2,1-4H3. The summed E-state index contributed by atoms with van der Waals surface area (Å²) >= 11 is 0. The van der Waals surface area contributed by atoms with E-state index in [0.717, 1.165) is 12.8 Å². The van der Waals surface area contributed by atoms with E-state index in [1.165, 1.54) is 6.26 Å². The number of piperidine rings is 1. The number of hydrogen-bond donors (Lipinski definition) is 1. The van der Waals surface area contributed by atoms with Crippen LogP contribution in [-0.4, -0.2) is 43.3 Å². The fourth-order valence-electron chi connectivity index (χ4n) is 2.52. The van der Waals surface area contributed by atoms with Crippen molar-refractivity contribution in [2.75, 3.05) is 19.3 Å². The minimum Gasteiger partial charge on any atom is -0.393 e. The van der Waals surface area contributed by atoms with Crippen molar-refractivity contribution >= 4 is 10.0 Å². The Bertz CT molecular complexity index is 353. The molecule has 0 aliphatic carbocycles. The average molecular weight is 277 g/mol. The summed E-state index contributed by atoms with van der Waals surface area (Å²) in [6, 6.07) is 0. The van der Waals surface area contributed by atoms with Gasteiger partial charge in [-0.1, -0.05) is 20.8 Å². The molecule has 1 rings (SSSR count). The zero-order valence-corrected chi connectivity index (χ0v) is 12.8. The van der Waals surface area contributed by atoms with Crippen molar-refractivity contribution in [2.24, 2.45) is 17.8 Å². The summed E-state index contributed by atoms with van der Waals surface area (Å²) in [7, 11) is -3.08. The van der Waals surface area contributed by atoms with Crippen LogP contribution in [0.3, 0.4) is 0 Å². The molecule has 0 aromatic rings. The van der Waals surface area contributed by atoms with Crippen LogP contribution in [0.4, 0.5) is 0 Å². The number of hydrogen-bond acceptors (Lipinski definition) is 3. The second kappa shape index (κ2) is 6.35. The summed E-state index contributed by atoms with van der Waals surface area (Å²) in [5, 5.41) is 10.2. The van der Waals surface area contributed by atoms with Gasteiger partial charge in [0.2, 0.25) is 10.0 Å². The van der Waals surface area contributed by atoms with Crippen LogP contribution < -0.4 is 0 Å². The van der Waals surface area contributed by atoms with Crippen LogP contribution in [0.5, 0.6) is 0 Å². The lowest BCUT2D eigenvalue weighted by molar-refractivity contribution is 0.0583. The number of aliphatic hydroxyl groups is 1. The molecule has 0 bridgehead atoms. The summed E-state index contributed by atoms with van der Waals surface area (Å²) in [6.07, 6.45) is 3.58. The molecule has 108 valence electrons. The van der Waals surface area contributed by atoms with E-state index in [9.17, 15) is 13.5 Å². The molecule has 1 heterocycles. The molecule has 4 nitrogen and oxygen atoms in total. The van der Waals surface area contributed by atoms with Crippen LogP contribution in [0.15, 0.2) is 0 Å². The molecule has 0 saturated carbocycles. The van der Waals surface area contributed by atoms with Crippen molar-refractivity contribution in [3.05, 3.63) is 0 Å². The van der Waals surface area contributed by atoms with Crippen molar-refractivity contribution in [3.8, 4) is 0 Å². The van der Waals surface area contributed by atoms with E-state index in [1.54, 1.807) is 4.31 Å². The highest BCUT2D eigenvalue weighted by Crippen LogP contribution is 2.26. The maximum atomic E-state index is 11.5. The highest BCUT2D eigenvalue weighted by atomic mass is 32.2. The Morgan fingerprint density at radius 2 is 1.94 bits per heavy atom. The third-order valence-electron chi connectivity index (χ3n) is 4.18. The van der Waals surface area contributed by atoms with E-state index >= 15 is 0 Å². The van der Waals surface area contributed by atoms with Crippen molar-refractivity contribution in [3.63, 3.8) is 0 Å². The topological polar surface area (TPSA) is 57.6 Å². The summed E-state index contributed by atoms with van der Waals surface area (Å²) in [6.45, 7) is 7.48. The number of rotatable bonds is 5. The molecule has 3 unspecified atom stereocenters. The molecular weight excluding hydrogens is 250 g/mol. The van der Waals surface area contributed by atoms with Gasteiger partial charge in [-0.2, -0.15) is 0 Å². The Hall–Kier alpha value is -0.130. The Labute approximate surface area is 111 Å². The molecule has 1 N–H and O–H groups in total. The highest BCUT2D eigenvalue weighted by Gasteiger charge is 2.29. The molecule has 0 amide bonds. The van der Waals surface area contributed by atoms with Gasteiger partial charge in [0.25, 0.3) is 0 Å². The molecular formula is C13H27NO3S. The second-order valence-corrected chi connectivity index (χ2v) is 8.02. The minimum absolute atomic E-state index is 0.263. The van der Waals surface area contributed by atoms with Gasteiger partial charge >= 0.3 is 0 Å². The maximum absolute atomic E-state index is 11.5. The fourth-order valence-corrected chi connectivity index (χ4v) is 3.46. The lowest BCUT2D eigenvalue weighted by Gasteiger charge is -2.33. The van der Waals surface area contributed by atoms with E-state index in [0.29, 0.717) is 31.3 Å². The van der Waals surface area contributed by atoms with Gasteiger partial charge in [0.15, 0.2) is 0 Å². The van der Waals surface area contributed by atoms with Crippen LogP contribution >= 0.6 is 0 Å². The Morgan fingerprint density at radius 1 is 1.33 bits per heavy atom. The van der Waals surface area contributed by atoms with E-state index in [4.69, 9.17) is 0 Å². The molecule has 1 aliphatic rings. The molecule has 0 aromatic heterocycles. The third-order valence-corrected chi connectivity index (χ3v) is 5.45. The fraction of sp³-hybridized carbons (Fsp3) is 1.00. The third kappa shape index (κ3) is 4.52. The van der Waals surface area contributed by atoms with Crippen molar-refractivity contribution in [1.82, 2.24) is 4.31 Å². The van der Waals surface area contributed by atoms with Gasteiger partial charge in [0.05, 0.1) is 12.4 Å². The average Bonchev–Trinajstić information content (AvgIpc) is 2.27. The van der Waals surface area contributed by atoms with E-state index in [-0.39, 0.29) is 12.0 Å². The smallest absolute Gasteiger partial charge is 0.211 e. The first-order valence-corrected chi connectivity index (χ1v) is 8.69. The van der Waals surface area contributed by atoms with Crippen molar-refractivity contribution in [2.45, 2.75) is 46.1 Å². The largest absolute Gasteiger partial charge is 0.393 e. The Kier molecular flexibility index (Phi) is 5.62. The zero-order valence-electron chi connectivity index (χ0n) is 12.0. The van der Waals surface area contributed by atoms with Gasteiger partial charge < -0.3 is 5.11 Å². The molecule has 1 fully saturated rings. The maximum Gasteiger partial charge on any atom is 0.211 e. The normalized spacial score (nSPS) is 26.2. The highest BCUT2D eigenvalue weighted by molar-refractivity contribution is 7.88. The first-order chi connectivity index (χ1) is 8.21. The van der Waals surface area contributed by atoms with E-state index in [2.05, 4.69) is 20.8 Å². The van der Waals surface area contributed by atoms with Gasteiger partial charge in [0, 0.05) is 13.1 Å². The molecule has 1 saturated heterocycles. The van der Waals surface area contributed by atoms with Crippen molar-refractivity contribution < 1.29 is 13.5 Å². The quantitative estimate of drug-likeness (QED) is 0.832. The van der Waals surface area contributed by atoms with Gasteiger partial charge in [-0.15, -0.1) is 0 Å². The van der Waals surface area contributed by atoms with E-state index in [1.807, 2.05) is 0 Å². The van der Waals surface area contributed by atoms with Crippen LogP contribution in [0.1, 0.15) is 40.0 Å². The summed E-state index contributed by atoms with van der Waals surface area (Å²) < 4.78 is 24.6. The predicted molar refractivity (Wildman–Crippen MR) is 73.8 cm³/mol. The van der Waals surface area contributed by atoms with Crippen LogP contribution in [0.25, 0.3) is 0 Å². The predicted octanol–water partition coefficient (Wildman–Crippen LogP) is 1.70. The molecule has 1 aliphatic heterocycles. The lowest BCUT2D eigenvalue weighted by atomic mass is 9.84. The molecule has 3 atom stereocenters. The SMILES string of the molecule is CC(C)C(C)C(O)CC1CCCN(S(C)(=O)=O)C1. The summed E-state index contributed by atoms with van der Waals surface area (Å²) in [4.78, 5) is 0. The lowest BCUT2D eigenvalue weighted by Crippen LogP contribution is -2.40. The van der Waals surface area contributed by atoms with Crippen molar-refractivity contribution in [1.29, 1.82) is 0 Å². The van der Waals surface area contributed by atoms with E-state index < -0.39 is 10.0 Å². The first-order valence-electron chi connectivity index (χ1n) is 6.85. The molecule has 18 heavy (non-hydrogen) atoms. The monoisotopic (exact) mass is 277 g/mol. The number of sulfonamides is 1. The summed E-state index contributed by atoms with van der Waals surface area (Å²) in [5.41, 5.74) is 0. The molecule has 0 aromatic carbocycles. The number of nitrogens with zero attached hydrogens (tertiary/aromatic N) is 1.